The molecule has 0 saturated heterocycles. The van der Waals surface area contributed by atoms with Gasteiger partial charge in [0.25, 0.3) is 5.69 Å². The van der Waals surface area contributed by atoms with Crippen molar-refractivity contribution in [3.63, 3.8) is 0 Å². The molecule has 0 fully saturated rings. The Morgan fingerprint density at radius 1 is 1.33 bits per heavy atom. The van der Waals surface area contributed by atoms with Gasteiger partial charge in [-0.25, -0.2) is 0 Å². The molecule has 0 amide bonds. The highest BCUT2D eigenvalue weighted by Crippen LogP contribution is 2.32. The molecule has 1 atom stereocenters. The van der Waals surface area contributed by atoms with Crippen LogP contribution in [0, 0.1) is 10.1 Å². The van der Waals surface area contributed by atoms with Crippen molar-refractivity contribution in [2.75, 3.05) is 5.75 Å². The Kier molecular flexibility index (Phi) is 5.10. The first kappa shape index (κ1) is 16.1. The number of para-hydroxylation sites is 1. The van der Waals surface area contributed by atoms with Crippen molar-refractivity contribution in [1.29, 1.82) is 0 Å². The zero-order valence-corrected chi connectivity index (χ0v) is 13.4. The molecule has 9 heteroatoms. The van der Waals surface area contributed by atoms with Crippen molar-refractivity contribution in [3.8, 4) is 0 Å². The minimum Gasteiger partial charge on any atom is -0.293 e. The van der Waals surface area contributed by atoms with Gasteiger partial charge in [0.05, 0.1) is 25.8 Å². The molecule has 1 aromatic carbocycles. The Morgan fingerprint density at radius 2 is 2.00 bits per heavy atom. The third kappa shape index (κ3) is 3.68. The number of carbonyl (C=O) groups is 1. The van der Waals surface area contributed by atoms with E-state index in [1.165, 1.54) is 30.3 Å². The van der Waals surface area contributed by atoms with Crippen molar-refractivity contribution in [2.45, 2.75) is 4.90 Å². The molecular weight excluding hydrogens is 357 g/mol. The molecule has 1 unspecified atom stereocenters. The molecule has 0 radical (unpaired) electrons. The molecule has 0 saturated carbocycles. The van der Waals surface area contributed by atoms with Crippen molar-refractivity contribution < 1.29 is 13.9 Å². The van der Waals surface area contributed by atoms with Gasteiger partial charge in [-0.2, -0.15) is 0 Å². The van der Waals surface area contributed by atoms with Gasteiger partial charge in [0.2, 0.25) is 0 Å². The van der Waals surface area contributed by atoms with Gasteiger partial charge in [-0.15, -0.1) is 11.3 Å². The van der Waals surface area contributed by atoms with Crippen LogP contribution >= 0.6 is 34.5 Å². The molecule has 0 aliphatic heterocycles. The zero-order valence-electron chi connectivity index (χ0n) is 10.2. The molecule has 0 bridgehead atoms. The van der Waals surface area contributed by atoms with Gasteiger partial charge >= 0.3 is 0 Å². The first-order valence-corrected chi connectivity index (χ1v) is 8.39. The number of Topliss-reactive ketones (excluding diaryl/α,β-unsaturated/α-hetero) is 1. The van der Waals surface area contributed by atoms with Crippen LogP contribution in [0.3, 0.4) is 0 Å². The van der Waals surface area contributed by atoms with Crippen LogP contribution in [0.25, 0.3) is 0 Å². The van der Waals surface area contributed by atoms with E-state index in [1.54, 1.807) is 0 Å². The van der Waals surface area contributed by atoms with E-state index < -0.39 is 27.3 Å². The lowest BCUT2D eigenvalue weighted by molar-refractivity contribution is -0.387. The number of hydrogen-bond donors (Lipinski definition) is 0. The number of nitro groups is 1. The number of carbonyl (C=O) groups excluding carboxylic acids is 1. The minimum absolute atomic E-state index is 0.00768. The summed E-state index contributed by atoms with van der Waals surface area (Å²) in [5.41, 5.74) is -0.100. The molecule has 0 aliphatic carbocycles. The smallest absolute Gasteiger partial charge is 0.285 e. The molecule has 110 valence electrons. The summed E-state index contributed by atoms with van der Waals surface area (Å²) in [6, 6.07) is 7.00. The third-order valence-corrected chi connectivity index (χ3v) is 5.37. The summed E-state index contributed by atoms with van der Waals surface area (Å²) in [6.07, 6.45) is 0. The number of rotatable bonds is 5. The second-order valence-corrected chi connectivity index (χ2v) is 7.58. The second-order valence-electron chi connectivity index (χ2n) is 3.88. The standard InChI is InChI=1S/C12H7Cl2NO4S2/c13-11-5-7(12(14)20-11)9(16)6-21(19)10-4-2-1-3-8(10)15(17)18/h1-5H,6H2. The number of benzene rings is 1. The topological polar surface area (TPSA) is 77.3 Å². The fraction of sp³-hybridized carbons (Fsp3) is 0.0833. The van der Waals surface area contributed by atoms with E-state index in [0.717, 1.165) is 11.3 Å². The van der Waals surface area contributed by atoms with E-state index in [1.807, 2.05) is 0 Å². The van der Waals surface area contributed by atoms with Crippen LogP contribution in [0.2, 0.25) is 8.67 Å². The average Bonchev–Trinajstić information content (AvgIpc) is 2.77. The average molecular weight is 364 g/mol. The van der Waals surface area contributed by atoms with Crippen molar-refractivity contribution >= 4 is 56.8 Å². The van der Waals surface area contributed by atoms with Crippen LogP contribution < -0.4 is 0 Å². The molecule has 1 heterocycles. The van der Waals surface area contributed by atoms with E-state index >= 15 is 0 Å². The molecule has 0 aliphatic rings. The fourth-order valence-electron chi connectivity index (χ4n) is 1.61. The summed E-state index contributed by atoms with van der Waals surface area (Å²) in [7, 11) is -1.83. The van der Waals surface area contributed by atoms with Crippen LogP contribution in [0.5, 0.6) is 0 Å². The second kappa shape index (κ2) is 6.65. The summed E-state index contributed by atoms with van der Waals surface area (Å²) in [5.74, 6) is -0.864. The molecule has 0 N–H and O–H groups in total. The fourth-order valence-corrected chi connectivity index (χ4v) is 4.26. The van der Waals surface area contributed by atoms with Gasteiger partial charge in [-0.05, 0) is 12.1 Å². The Labute approximate surface area is 136 Å². The van der Waals surface area contributed by atoms with Gasteiger partial charge in [0, 0.05) is 11.6 Å². The van der Waals surface area contributed by atoms with Crippen molar-refractivity contribution in [1.82, 2.24) is 0 Å². The SMILES string of the molecule is O=C(CS(=O)c1ccccc1[N+](=O)[O-])c1cc(Cl)sc1Cl. The van der Waals surface area contributed by atoms with Crippen LogP contribution in [0.1, 0.15) is 10.4 Å². The normalized spacial score (nSPS) is 12.1. The predicted molar refractivity (Wildman–Crippen MR) is 83.0 cm³/mol. The number of halogens is 2. The van der Waals surface area contributed by atoms with E-state index in [-0.39, 0.29) is 20.5 Å². The van der Waals surface area contributed by atoms with E-state index in [2.05, 4.69) is 0 Å². The monoisotopic (exact) mass is 363 g/mol. The summed E-state index contributed by atoms with van der Waals surface area (Å²) in [5, 5.41) is 10.9. The lowest BCUT2D eigenvalue weighted by atomic mass is 10.2. The highest BCUT2D eigenvalue weighted by molar-refractivity contribution is 7.86. The third-order valence-electron chi connectivity index (χ3n) is 2.53. The van der Waals surface area contributed by atoms with Gasteiger partial charge in [0.15, 0.2) is 5.78 Å². The van der Waals surface area contributed by atoms with Gasteiger partial charge in [-0.3, -0.25) is 19.1 Å². The van der Waals surface area contributed by atoms with Crippen molar-refractivity contribution in [3.05, 3.63) is 54.7 Å². The van der Waals surface area contributed by atoms with E-state index in [0.29, 0.717) is 4.34 Å². The maximum Gasteiger partial charge on any atom is 0.285 e. The van der Waals surface area contributed by atoms with Gasteiger partial charge in [-0.1, -0.05) is 35.3 Å². The van der Waals surface area contributed by atoms with Gasteiger partial charge < -0.3 is 0 Å². The first-order chi connectivity index (χ1) is 9.90. The summed E-state index contributed by atoms with van der Waals surface area (Å²) in [6.45, 7) is 0. The molecule has 21 heavy (non-hydrogen) atoms. The van der Waals surface area contributed by atoms with Gasteiger partial charge in [0.1, 0.15) is 9.23 Å². The van der Waals surface area contributed by atoms with Crippen LogP contribution in [-0.2, 0) is 10.8 Å². The molecule has 1 aromatic heterocycles. The molecule has 2 aromatic rings. The predicted octanol–water partition coefficient (Wildman–Crippen LogP) is 3.95. The highest BCUT2D eigenvalue weighted by atomic mass is 35.5. The molecular formula is C12H7Cl2NO4S2. The van der Waals surface area contributed by atoms with Crippen LogP contribution in [0.4, 0.5) is 5.69 Å². The summed E-state index contributed by atoms with van der Waals surface area (Å²) < 4.78 is 12.7. The van der Waals surface area contributed by atoms with Crippen LogP contribution in [-0.4, -0.2) is 20.7 Å². The lowest BCUT2D eigenvalue weighted by Gasteiger charge is -2.02. The number of ketones is 1. The lowest BCUT2D eigenvalue weighted by Crippen LogP contribution is -2.12. The highest BCUT2D eigenvalue weighted by Gasteiger charge is 2.22. The molecule has 0 spiro atoms. The number of hydrogen-bond acceptors (Lipinski definition) is 5. The van der Waals surface area contributed by atoms with Crippen LogP contribution in [0.15, 0.2) is 35.2 Å². The quantitative estimate of drug-likeness (QED) is 0.457. The largest absolute Gasteiger partial charge is 0.293 e. The number of thiophene rings is 1. The van der Waals surface area contributed by atoms with E-state index in [9.17, 15) is 19.1 Å². The zero-order chi connectivity index (χ0) is 15.6. The minimum atomic E-state index is -1.83. The summed E-state index contributed by atoms with van der Waals surface area (Å²) in [4.78, 5) is 22.3. The Morgan fingerprint density at radius 3 is 2.57 bits per heavy atom. The number of nitro benzene ring substituents is 1. The summed E-state index contributed by atoms with van der Waals surface area (Å²) >= 11 is 12.6. The van der Waals surface area contributed by atoms with E-state index in [4.69, 9.17) is 23.2 Å². The van der Waals surface area contributed by atoms with Crippen molar-refractivity contribution in [2.24, 2.45) is 0 Å². The first-order valence-electron chi connectivity index (χ1n) is 5.50. The Hall–Kier alpha value is -1.28. The maximum absolute atomic E-state index is 12.2. The number of nitrogens with zero attached hydrogens (tertiary/aromatic N) is 1. The molecule has 5 nitrogen and oxygen atoms in total. The molecule has 2 rings (SSSR count). The maximum atomic E-state index is 12.2. The Bertz CT molecular complexity index is 745. The Balaban J connectivity index is 2.25.